The summed E-state index contributed by atoms with van der Waals surface area (Å²) in [5.41, 5.74) is 2.66. The minimum absolute atomic E-state index is 0.109. The Hall–Kier alpha value is -2.27. The highest BCUT2D eigenvalue weighted by Gasteiger charge is 2.10. The number of benzene rings is 2. The van der Waals surface area contributed by atoms with Gasteiger partial charge in [0.15, 0.2) is 0 Å². The average Bonchev–Trinajstić information content (AvgIpc) is 2.55. The molecule has 0 amide bonds. The highest BCUT2D eigenvalue weighted by molar-refractivity contribution is 7.92. The molecule has 23 heavy (non-hydrogen) atoms. The smallest absolute Gasteiger partial charge is 0.232 e. The van der Waals surface area contributed by atoms with Crippen molar-refractivity contribution in [2.75, 3.05) is 22.3 Å². The van der Waals surface area contributed by atoms with Gasteiger partial charge in [-0.2, -0.15) is 0 Å². The molecule has 2 rings (SSSR count). The standard InChI is InChI=1S/C18H22N2O2S/c1-2-14-19-17-10-12-18(13-11-17)20-23(21,22)15-6-9-16-7-4-3-5-8-16/h2-5,7-8,10-13,19-20H,1,6,9,14-15H2. The van der Waals surface area contributed by atoms with Crippen molar-refractivity contribution >= 4 is 21.4 Å². The normalized spacial score (nSPS) is 11.0. The van der Waals surface area contributed by atoms with Crippen LogP contribution in [0.2, 0.25) is 0 Å². The zero-order valence-electron chi connectivity index (χ0n) is 13.0. The maximum absolute atomic E-state index is 12.1. The number of sulfonamides is 1. The molecule has 0 aliphatic rings. The van der Waals surface area contributed by atoms with Crippen molar-refractivity contribution in [1.82, 2.24) is 0 Å². The van der Waals surface area contributed by atoms with Crippen molar-refractivity contribution in [3.05, 3.63) is 72.8 Å². The van der Waals surface area contributed by atoms with E-state index >= 15 is 0 Å². The third-order valence-electron chi connectivity index (χ3n) is 3.33. The number of anilines is 2. The van der Waals surface area contributed by atoms with Crippen LogP contribution in [0.3, 0.4) is 0 Å². The van der Waals surface area contributed by atoms with Gasteiger partial charge in [-0.1, -0.05) is 36.4 Å². The van der Waals surface area contributed by atoms with E-state index in [1.54, 1.807) is 18.2 Å². The second-order valence-electron chi connectivity index (χ2n) is 5.26. The first-order valence-corrected chi connectivity index (χ1v) is 9.23. The molecule has 0 bridgehead atoms. The van der Waals surface area contributed by atoms with Gasteiger partial charge < -0.3 is 5.32 Å². The molecule has 0 aliphatic carbocycles. The lowest BCUT2D eigenvalue weighted by atomic mass is 10.1. The highest BCUT2D eigenvalue weighted by Crippen LogP contribution is 2.15. The van der Waals surface area contributed by atoms with Gasteiger partial charge in [-0.3, -0.25) is 4.72 Å². The lowest BCUT2D eigenvalue weighted by Gasteiger charge is -2.09. The van der Waals surface area contributed by atoms with Crippen molar-refractivity contribution < 1.29 is 8.42 Å². The topological polar surface area (TPSA) is 58.2 Å². The van der Waals surface area contributed by atoms with E-state index in [0.717, 1.165) is 17.7 Å². The lowest BCUT2D eigenvalue weighted by Crippen LogP contribution is -2.17. The molecule has 0 radical (unpaired) electrons. The molecular formula is C18H22N2O2S. The van der Waals surface area contributed by atoms with E-state index in [9.17, 15) is 8.42 Å². The molecule has 0 fully saturated rings. The van der Waals surface area contributed by atoms with Crippen molar-refractivity contribution in [3.63, 3.8) is 0 Å². The molecule has 4 nitrogen and oxygen atoms in total. The van der Waals surface area contributed by atoms with E-state index < -0.39 is 10.0 Å². The third-order valence-corrected chi connectivity index (χ3v) is 4.70. The Labute approximate surface area is 138 Å². The van der Waals surface area contributed by atoms with Gasteiger partial charge in [0.25, 0.3) is 0 Å². The molecule has 0 spiro atoms. The summed E-state index contributed by atoms with van der Waals surface area (Å²) in [6, 6.07) is 17.1. The highest BCUT2D eigenvalue weighted by atomic mass is 32.2. The van der Waals surface area contributed by atoms with Crippen LogP contribution in [0.15, 0.2) is 67.3 Å². The van der Waals surface area contributed by atoms with Crippen LogP contribution in [0.4, 0.5) is 11.4 Å². The van der Waals surface area contributed by atoms with Crippen LogP contribution < -0.4 is 10.0 Å². The summed E-state index contributed by atoms with van der Waals surface area (Å²) in [5.74, 6) is 0.109. The number of hydrogen-bond acceptors (Lipinski definition) is 3. The molecule has 0 atom stereocenters. The zero-order valence-corrected chi connectivity index (χ0v) is 13.9. The van der Waals surface area contributed by atoms with Crippen LogP contribution in [0.5, 0.6) is 0 Å². The molecule has 0 aromatic heterocycles. The first-order chi connectivity index (χ1) is 11.1. The maximum atomic E-state index is 12.1. The van der Waals surface area contributed by atoms with Gasteiger partial charge in [0, 0.05) is 17.9 Å². The second-order valence-corrected chi connectivity index (χ2v) is 7.10. The Bertz CT molecular complexity index is 710. The molecule has 2 aromatic carbocycles. The number of hydrogen-bond donors (Lipinski definition) is 2. The fourth-order valence-electron chi connectivity index (χ4n) is 2.19. The van der Waals surface area contributed by atoms with Crippen LogP contribution >= 0.6 is 0 Å². The summed E-state index contributed by atoms with van der Waals surface area (Å²) in [6.07, 6.45) is 3.12. The fraction of sp³-hybridized carbons (Fsp3) is 0.222. The Morgan fingerprint density at radius 3 is 2.26 bits per heavy atom. The number of aryl methyl sites for hydroxylation is 1. The van der Waals surface area contributed by atoms with Crippen LogP contribution in [0, 0.1) is 0 Å². The van der Waals surface area contributed by atoms with Gasteiger partial charge in [0.1, 0.15) is 0 Å². The quantitative estimate of drug-likeness (QED) is 0.690. The van der Waals surface area contributed by atoms with Crippen LogP contribution in [0.1, 0.15) is 12.0 Å². The lowest BCUT2D eigenvalue weighted by molar-refractivity contribution is 0.598. The summed E-state index contributed by atoms with van der Waals surface area (Å²) in [4.78, 5) is 0. The largest absolute Gasteiger partial charge is 0.382 e. The minimum atomic E-state index is -3.32. The summed E-state index contributed by atoms with van der Waals surface area (Å²) in [6.45, 7) is 4.31. The molecule has 122 valence electrons. The van der Waals surface area contributed by atoms with E-state index in [1.165, 1.54) is 0 Å². The molecule has 0 saturated carbocycles. The van der Waals surface area contributed by atoms with E-state index in [2.05, 4.69) is 16.6 Å². The van der Waals surface area contributed by atoms with E-state index in [1.807, 2.05) is 42.5 Å². The fourth-order valence-corrected chi connectivity index (χ4v) is 3.31. The first-order valence-electron chi connectivity index (χ1n) is 7.58. The monoisotopic (exact) mass is 330 g/mol. The molecule has 2 N–H and O–H groups in total. The average molecular weight is 330 g/mol. The van der Waals surface area contributed by atoms with Gasteiger partial charge in [0.05, 0.1) is 5.75 Å². The Morgan fingerprint density at radius 1 is 0.957 bits per heavy atom. The van der Waals surface area contributed by atoms with Crippen LogP contribution in [-0.2, 0) is 16.4 Å². The molecule has 0 unspecified atom stereocenters. The van der Waals surface area contributed by atoms with Gasteiger partial charge >= 0.3 is 0 Å². The number of rotatable bonds is 9. The summed E-state index contributed by atoms with van der Waals surface area (Å²) < 4.78 is 26.8. The Morgan fingerprint density at radius 2 is 1.61 bits per heavy atom. The molecule has 0 aliphatic heterocycles. The summed E-state index contributed by atoms with van der Waals surface area (Å²) in [5, 5.41) is 3.14. The van der Waals surface area contributed by atoms with Crippen LogP contribution in [-0.4, -0.2) is 20.7 Å². The predicted molar refractivity (Wildman–Crippen MR) is 97.3 cm³/mol. The zero-order chi connectivity index (χ0) is 16.5. The van der Waals surface area contributed by atoms with Crippen molar-refractivity contribution in [3.8, 4) is 0 Å². The molecule has 5 heteroatoms. The van der Waals surface area contributed by atoms with Gasteiger partial charge in [0.2, 0.25) is 10.0 Å². The van der Waals surface area contributed by atoms with E-state index in [-0.39, 0.29) is 5.75 Å². The Kier molecular flexibility index (Phi) is 6.23. The van der Waals surface area contributed by atoms with Crippen molar-refractivity contribution in [2.45, 2.75) is 12.8 Å². The molecule has 0 heterocycles. The molecule has 2 aromatic rings. The van der Waals surface area contributed by atoms with Crippen molar-refractivity contribution in [1.29, 1.82) is 0 Å². The molecular weight excluding hydrogens is 308 g/mol. The summed E-state index contributed by atoms with van der Waals surface area (Å²) in [7, 11) is -3.32. The Balaban J connectivity index is 1.84. The first kappa shape index (κ1) is 17.1. The maximum Gasteiger partial charge on any atom is 0.232 e. The third kappa shape index (κ3) is 6.16. The summed E-state index contributed by atoms with van der Waals surface area (Å²) >= 11 is 0. The number of nitrogens with one attached hydrogen (secondary N) is 2. The second kappa shape index (κ2) is 8.39. The van der Waals surface area contributed by atoms with Gasteiger partial charge in [-0.15, -0.1) is 6.58 Å². The molecule has 0 saturated heterocycles. The van der Waals surface area contributed by atoms with E-state index in [4.69, 9.17) is 0 Å². The van der Waals surface area contributed by atoms with Gasteiger partial charge in [-0.25, -0.2) is 8.42 Å². The predicted octanol–water partition coefficient (Wildman–Crippen LogP) is 3.66. The SMILES string of the molecule is C=CCNc1ccc(NS(=O)(=O)CCCc2ccccc2)cc1. The minimum Gasteiger partial charge on any atom is -0.382 e. The van der Waals surface area contributed by atoms with Crippen LogP contribution in [0.25, 0.3) is 0 Å². The van der Waals surface area contributed by atoms with Crippen molar-refractivity contribution in [2.24, 2.45) is 0 Å². The van der Waals surface area contributed by atoms with E-state index in [0.29, 0.717) is 18.7 Å². The van der Waals surface area contributed by atoms with Gasteiger partial charge in [-0.05, 0) is 42.7 Å².